The molecule has 3 rings (SSSR count). The second-order valence-corrected chi connectivity index (χ2v) is 7.49. The van der Waals surface area contributed by atoms with E-state index in [4.69, 9.17) is 4.74 Å². The van der Waals surface area contributed by atoms with Crippen LogP contribution in [0.15, 0.2) is 48.5 Å². The molecule has 0 spiro atoms. The van der Waals surface area contributed by atoms with Crippen molar-refractivity contribution in [3.05, 3.63) is 65.5 Å². The number of carbonyl (C=O) groups is 3. The Kier molecular flexibility index (Phi) is 6.82. The number of carbonyl (C=O) groups excluding carboxylic acids is 3. The molecule has 7 heteroatoms. The highest BCUT2D eigenvalue weighted by atomic mass is 19.1. The van der Waals surface area contributed by atoms with Gasteiger partial charge in [-0.3, -0.25) is 14.4 Å². The minimum atomic E-state index is -0.964. The van der Waals surface area contributed by atoms with E-state index in [1.807, 2.05) is 31.2 Å². The molecule has 158 valence electrons. The Hall–Kier alpha value is -3.22. The molecule has 2 amide bonds. The van der Waals surface area contributed by atoms with Crippen LogP contribution in [-0.4, -0.2) is 37.0 Å². The zero-order chi connectivity index (χ0) is 21.7. The van der Waals surface area contributed by atoms with Crippen LogP contribution in [-0.2, 0) is 25.5 Å². The van der Waals surface area contributed by atoms with Gasteiger partial charge in [-0.2, -0.15) is 0 Å². The molecular weight excluding hydrogens is 387 g/mol. The largest absolute Gasteiger partial charge is 0.452 e. The minimum Gasteiger partial charge on any atom is -0.452 e. The van der Waals surface area contributed by atoms with E-state index in [1.165, 1.54) is 19.1 Å². The van der Waals surface area contributed by atoms with E-state index in [2.05, 4.69) is 5.32 Å². The van der Waals surface area contributed by atoms with Gasteiger partial charge in [-0.05, 0) is 50.1 Å². The molecule has 1 saturated heterocycles. The van der Waals surface area contributed by atoms with Gasteiger partial charge in [0.05, 0.1) is 5.92 Å². The van der Waals surface area contributed by atoms with Gasteiger partial charge in [0.25, 0.3) is 5.91 Å². The lowest BCUT2D eigenvalue weighted by atomic mass is 10.1. The third-order valence-corrected chi connectivity index (χ3v) is 5.09. The van der Waals surface area contributed by atoms with Crippen molar-refractivity contribution < 1.29 is 23.5 Å². The molecule has 1 aliphatic heterocycles. The van der Waals surface area contributed by atoms with E-state index in [1.54, 1.807) is 17.0 Å². The van der Waals surface area contributed by atoms with Crippen molar-refractivity contribution in [2.45, 2.75) is 32.8 Å². The predicted molar refractivity (Wildman–Crippen MR) is 110 cm³/mol. The van der Waals surface area contributed by atoms with Gasteiger partial charge in [-0.25, -0.2) is 4.39 Å². The van der Waals surface area contributed by atoms with E-state index in [9.17, 15) is 18.8 Å². The fraction of sp³-hybridized carbons (Fsp3) is 0.348. The summed E-state index contributed by atoms with van der Waals surface area (Å²) < 4.78 is 18.2. The number of halogens is 1. The van der Waals surface area contributed by atoms with Gasteiger partial charge >= 0.3 is 5.97 Å². The number of hydrogen-bond donors (Lipinski definition) is 1. The van der Waals surface area contributed by atoms with Gasteiger partial charge in [0.15, 0.2) is 6.10 Å². The summed E-state index contributed by atoms with van der Waals surface area (Å²) in [5.41, 5.74) is 2.72. The lowest BCUT2D eigenvalue weighted by Crippen LogP contribution is -2.38. The fourth-order valence-electron chi connectivity index (χ4n) is 3.29. The van der Waals surface area contributed by atoms with Crippen LogP contribution in [0.3, 0.4) is 0 Å². The predicted octanol–water partition coefficient (Wildman–Crippen LogP) is 2.78. The van der Waals surface area contributed by atoms with Crippen LogP contribution in [0, 0.1) is 18.7 Å². The minimum absolute atomic E-state index is 0.0611. The smallest absolute Gasteiger partial charge is 0.312 e. The van der Waals surface area contributed by atoms with Crippen LogP contribution in [0.2, 0.25) is 0 Å². The summed E-state index contributed by atoms with van der Waals surface area (Å²) in [5, 5.41) is 2.70. The van der Waals surface area contributed by atoms with E-state index in [0.29, 0.717) is 13.0 Å². The summed E-state index contributed by atoms with van der Waals surface area (Å²) in [6.45, 7) is 4.04. The number of rotatable bonds is 7. The van der Waals surface area contributed by atoms with E-state index in [-0.39, 0.29) is 24.7 Å². The van der Waals surface area contributed by atoms with Gasteiger partial charge in [0.1, 0.15) is 5.82 Å². The fourth-order valence-corrected chi connectivity index (χ4v) is 3.29. The molecular formula is C23H25FN2O4. The van der Waals surface area contributed by atoms with Gasteiger partial charge in [0.2, 0.25) is 5.91 Å². The molecule has 1 aliphatic rings. The maximum Gasteiger partial charge on any atom is 0.312 e. The molecule has 0 aromatic heterocycles. The lowest BCUT2D eigenvalue weighted by Gasteiger charge is -2.18. The van der Waals surface area contributed by atoms with Crippen LogP contribution < -0.4 is 10.2 Å². The SMILES string of the molecule is Cc1ccc(N2CC(C(=O)OC(C)C(=O)NCCc3ccc(F)cc3)CC2=O)cc1. The molecule has 1 N–H and O–H groups in total. The second-order valence-electron chi connectivity index (χ2n) is 7.49. The molecule has 2 aromatic carbocycles. The van der Waals surface area contributed by atoms with Crippen molar-refractivity contribution in [3.63, 3.8) is 0 Å². The van der Waals surface area contributed by atoms with Gasteiger partial charge in [-0.15, -0.1) is 0 Å². The van der Waals surface area contributed by atoms with E-state index >= 15 is 0 Å². The Morgan fingerprint density at radius 3 is 2.50 bits per heavy atom. The van der Waals surface area contributed by atoms with Crippen molar-refractivity contribution in [1.29, 1.82) is 0 Å². The van der Waals surface area contributed by atoms with Crippen molar-refractivity contribution in [2.24, 2.45) is 5.92 Å². The molecule has 2 aromatic rings. The average molecular weight is 412 g/mol. The highest BCUT2D eigenvalue weighted by molar-refractivity contribution is 5.99. The number of nitrogens with one attached hydrogen (secondary N) is 1. The van der Waals surface area contributed by atoms with Crippen LogP contribution in [0.25, 0.3) is 0 Å². The molecule has 2 unspecified atom stereocenters. The standard InChI is InChI=1S/C23H25FN2O4/c1-15-3-9-20(10-4-15)26-14-18(13-21(26)27)23(29)30-16(2)22(28)25-12-11-17-5-7-19(24)8-6-17/h3-10,16,18H,11-14H2,1-2H3,(H,25,28). The Balaban J connectivity index is 1.46. The van der Waals surface area contributed by atoms with E-state index in [0.717, 1.165) is 16.8 Å². The molecule has 30 heavy (non-hydrogen) atoms. The number of benzene rings is 2. The maximum absolute atomic E-state index is 12.9. The summed E-state index contributed by atoms with van der Waals surface area (Å²) in [7, 11) is 0. The zero-order valence-corrected chi connectivity index (χ0v) is 17.1. The number of hydrogen-bond acceptors (Lipinski definition) is 4. The molecule has 1 fully saturated rings. The average Bonchev–Trinajstić information content (AvgIpc) is 3.11. The normalized spacial score (nSPS) is 17.0. The maximum atomic E-state index is 12.9. The Morgan fingerprint density at radius 1 is 1.17 bits per heavy atom. The van der Waals surface area contributed by atoms with Crippen molar-refractivity contribution in [2.75, 3.05) is 18.0 Å². The first-order valence-electron chi connectivity index (χ1n) is 9.93. The molecule has 0 saturated carbocycles. The lowest BCUT2D eigenvalue weighted by molar-refractivity contribution is -0.158. The van der Waals surface area contributed by atoms with Gasteiger partial charge < -0.3 is 15.0 Å². The number of esters is 1. The molecule has 2 atom stereocenters. The second kappa shape index (κ2) is 9.52. The quantitative estimate of drug-likeness (QED) is 0.710. The summed E-state index contributed by atoms with van der Waals surface area (Å²) in [6, 6.07) is 13.5. The number of amides is 2. The summed E-state index contributed by atoms with van der Waals surface area (Å²) >= 11 is 0. The first-order valence-corrected chi connectivity index (χ1v) is 9.93. The number of ether oxygens (including phenoxy) is 1. The molecule has 0 aliphatic carbocycles. The summed E-state index contributed by atoms with van der Waals surface area (Å²) in [4.78, 5) is 38.5. The Bertz CT molecular complexity index is 912. The molecule has 0 radical (unpaired) electrons. The van der Waals surface area contributed by atoms with Gasteiger partial charge in [0, 0.05) is 25.2 Å². The molecule has 1 heterocycles. The third-order valence-electron chi connectivity index (χ3n) is 5.09. The van der Waals surface area contributed by atoms with Gasteiger partial charge in [-0.1, -0.05) is 29.8 Å². The topological polar surface area (TPSA) is 75.7 Å². The number of aryl methyl sites for hydroxylation is 1. The van der Waals surface area contributed by atoms with Crippen LogP contribution >= 0.6 is 0 Å². The van der Waals surface area contributed by atoms with Crippen LogP contribution in [0.5, 0.6) is 0 Å². The third kappa shape index (κ3) is 5.43. The molecule has 0 bridgehead atoms. The number of nitrogens with zero attached hydrogens (tertiary/aromatic N) is 1. The Labute approximate surface area is 175 Å². The first kappa shape index (κ1) is 21.5. The highest BCUT2D eigenvalue weighted by Crippen LogP contribution is 2.26. The summed E-state index contributed by atoms with van der Waals surface area (Å²) in [5.74, 6) is -2.02. The number of anilines is 1. The van der Waals surface area contributed by atoms with Crippen LogP contribution in [0.1, 0.15) is 24.5 Å². The van der Waals surface area contributed by atoms with Crippen LogP contribution in [0.4, 0.5) is 10.1 Å². The Morgan fingerprint density at radius 2 is 1.83 bits per heavy atom. The first-order chi connectivity index (χ1) is 14.3. The zero-order valence-electron chi connectivity index (χ0n) is 17.1. The molecule has 6 nitrogen and oxygen atoms in total. The summed E-state index contributed by atoms with van der Waals surface area (Å²) in [6.07, 6.45) is -0.366. The highest BCUT2D eigenvalue weighted by Gasteiger charge is 2.37. The van der Waals surface area contributed by atoms with Crippen molar-refractivity contribution in [1.82, 2.24) is 5.32 Å². The van der Waals surface area contributed by atoms with Crippen molar-refractivity contribution >= 4 is 23.5 Å². The van der Waals surface area contributed by atoms with E-state index < -0.39 is 23.9 Å². The van der Waals surface area contributed by atoms with Crippen molar-refractivity contribution in [3.8, 4) is 0 Å². The monoisotopic (exact) mass is 412 g/mol.